The Morgan fingerprint density at radius 2 is 2.19 bits per heavy atom. The van der Waals surface area contributed by atoms with E-state index in [0.29, 0.717) is 0 Å². The Hall–Kier alpha value is -1.72. The lowest BCUT2D eigenvalue weighted by Gasteiger charge is -2.37. The predicted molar refractivity (Wildman–Crippen MR) is 82.6 cm³/mol. The molecule has 2 aromatic rings. The fourth-order valence-electron chi connectivity index (χ4n) is 3.13. The highest BCUT2D eigenvalue weighted by atomic mass is 15.3. The molecule has 1 aromatic carbocycles. The second-order valence-corrected chi connectivity index (χ2v) is 5.84. The normalized spacial score (nSPS) is 18.2. The highest BCUT2D eigenvalue weighted by molar-refractivity contribution is 5.26. The first kappa shape index (κ1) is 14.2. The Bertz CT molecular complexity index is 606. The van der Waals surface area contributed by atoms with Crippen LogP contribution >= 0.6 is 0 Å². The molecule has 2 unspecified atom stereocenters. The molecule has 0 aliphatic carbocycles. The number of benzene rings is 1. The van der Waals surface area contributed by atoms with E-state index >= 15 is 0 Å². The van der Waals surface area contributed by atoms with Gasteiger partial charge in [-0.2, -0.15) is 0 Å². The van der Waals surface area contributed by atoms with Crippen LogP contribution in [0.1, 0.15) is 36.3 Å². The van der Waals surface area contributed by atoms with Crippen LogP contribution in [0, 0.1) is 6.92 Å². The topological polar surface area (TPSA) is 60.0 Å². The minimum absolute atomic E-state index is 0.126. The average molecular weight is 285 g/mol. The molecule has 1 aromatic heterocycles. The molecule has 21 heavy (non-hydrogen) atoms. The molecule has 0 amide bonds. The molecule has 2 N–H and O–H groups in total. The van der Waals surface area contributed by atoms with Crippen molar-refractivity contribution in [2.24, 2.45) is 5.73 Å². The maximum absolute atomic E-state index is 6.44. The Morgan fingerprint density at radius 3 is 2.95 bits per heavy atom. The highest BCUT2D eigenvalue weighted by Crippen LogP contribution is 2.28. The first-order chi connectivity index (χ1) is 10.2. The van der Waals surface area contributed by atoms with Crippen LogP contribution in [0.25, 0.3) is 0 Å². The third-order valence-corrected chi connectivity index (χ3v) is 4.32. The summed E-state index contributed by atoms with van der Waals surface area (Å²) in [6.07, 6.45) is 2.77. The molecular weight excluding hydrogens is 262 g/mol. The monoisotopic (exact) mass is 285 g/mol. The zero-order valence-corrected chi connectivity index (χ0v) is 12.7. The molecule has 0 spiro atoms. The average Bonchev–Trinajstić information content (AvgIpc) is 2.95. The van der Waals surface area contributed by atoms with E-state index in [4.69, 9.17) is 5.73 Å². The van der Waals surface area contributed by atoms with Gasteiger partial charge in [-0.3, -0.25) is 4.90 Å². The van der Waals surface area contributed by atoms with Crippen LogP contribution in [0.4, 0.5) is 0 Å². The van der Waals surface area contributed by atoms with Crippen molar-refractivity contribution >= 4 is 0 Å². The molecule has 3 rings (SSSR count). The van der Waals surface area contributed by atoms with Crippen molar-refractivity contribution in [1.29, 1.82) is 0 Å². The van der Waals surface area contributed by atoms with Gasteiger partial charge in [0, 0.05) is 19.1 Å². The van der Waals surface area contributed by atoms with E-state index in [9.17, 15) is 0 Å². The summed E-state index contributed by atoms with van der Waals surface area (Å²) >= 11 is 0. The van der Waals surface area contributed by atoms with E-state index in [2.05, 4.69) is 57.8 Å². The number of fused-ring (bicyclic) bond motifs is 1. The van der Waals surface area contributed by atoms with Gasteiger partial charge in [0.15, 0.2) is 0 Å². The molecule has 5 heteroatoms. The van der Waals surface area contributed by atoms with Crippen molar-refractivity contribution in [2.45, 2.75) is 45.4 Å². The second kappa shape index (κ2) is 5.95. The number of hydrogen-bond donors (Lipinski definition) is 1. The third kappa shape index (κ3) is 2.84. The van der Waals surface area contributed by atoms with Crippen LogP contribution < -0.4 is 5.73 Å². The zero-order chi connectivity index (χ0) is 14.8. The molecule has 1 aliphatic heterocycles. The van der Waals surface area contributed by atoms with Gasteiger partial charge in [-0.05, 0) is 18.9 Å². The summed E-state index contributed by atoms with van der Waals surface area (Å²) < 4.78 is 2.13. The first-order valence-electron chi connectivity index (χ1n) is 7.62. The summed E-state index contributed by atoms with van der Waals surface area (Å²) in [4.78, 5) is 2.44. The largest absolute Gasteiger partial charge is 0.326 e. The van der Waals surface area contributed by atoms with Crippen LogP contribution in [0.15, 0.2) is 30.6 Å². The molecule has 0 radical (unpaired) electrons. The summed E-state index contributed by atoms with van der Waals surface area (Å²) in [5.41, 5.74) is 9.02. The van der Waals surface area contributed by atoms with E-state index in [1.807, 2.05) is 6.33 Å². The van der Waals surface area contributed by atoms with Crippen LogP contribution in [0.5, 0.6) is 0 Å². The summed E-state index contributed by atoms with van der Waals surface area (Å²) in [6, 6.07) is 9.05. The summed E-state index contributed by atoms with van der Waals surface area (Å²) in [5.74, 6) is 1.03. The zero-order valence-electron chi connectivity index (χ0n) is 12.7. The fraction of sp³-hybridized carbons (Fsp3) is 0.500. The van der Waals surface area contributed by atoms with E-state index in [0.717, 1.165) is 31.9 Å². The Morgan fingerprint density at radius 1 is 1.33 bits per heavy atom. The molecule has 2 heterocycles. The fourth-order valence-corrected chi connectivity index (χ4v) is 3.13. The first-order valence-corrected chi connectivity index (χ1v) is 7.62. The van der Waals surface area contributed by atoms with Crippen molar-refractivity contribution in [2.75, 3.05) is 6.54 Å². The number of aryl methyl sites for hydroxylation is 1. The van der Waals surface area contributed by atoms with Crippen molar-refractivity contribution in [3.8, 4) is 0 Å². The minimum atomic E-state index is 0.126. The Balaban J connectivity index is 1.90. The Labute approximate surface area is 125 Å². The van der Waals surface area contributed by atoms with Gasteiger partial charge in [-0.15, -0.1) is 10.2 Å². The third-order valence-electron chi connectivity index (χ3n) is 4.32. The predicted octanol–water partition coefficient (Wildman–Crippen LogP) is 1.88. The minimum Gasteiger partial charge on any atom is -0.326 e. The van der Waals surface area contributed by atoms with Gasteiger partial charge >= 0.3 is 0 Å². The summed E-state index contributed by atoms with van der Waals surface area (Å²) in [7, 11) is 0. The van der Waals surface area contributed by atoms with Gasteiger partial charge in [0.25, 0.3) is 0 Å². The standard InChI is InChI=1S/C16H23N5/c1-3-14(17)16(13-6-4-5-12(2)9-13)20-7-8-21-11-18-19-15(21)10-20/h4-6,9,11,14,16H,3,7-8,10,17H2,1-2H3. The molecular formula is C16H23N5. The van der Waals surface area contributed by atoms with E-state index in [1.54, 1.807) is 0 Å². The summed E-state index contributed by atoms with van der Waals surface area (Å²) in [5, 5.41) is 8.22. The lowest BCUT2D eigenvalue weighted by Crippen LogP contribution is -2.44. The SMILES string of the molecule is CCC(N)C(c1cccc(C)c1)N1CCn2cnnc2C1. The van der Waals surface area contributed by atoms with Gasteiger partial charge in [-0.1, -0.05) is 36.8 Å². The van der Waals surface area contributed by atoms with Crippen LogP contribution in [0.3, 0.4) is 0 Å². The van der Waals surface area contributed by atoms with Crippen LogP contribution in [-0.4, -0.2) is 32.3 Å². The Kier molecular flexibility index (Phi) is 4.03. The van der Waals surface area contributed by atoms with Crippen LogP contribution in [-0.2, 0) is 13.1 Å². The van der Waals surface area contributed by atoms with Crippen molar-refractivity contribution in [1.82, 2.24) is 19.7 Å². The quantitative estimate of drug-likeness (QED) is 0.932. The van der Waals surface area contributed by atoms with E-state index in [-0.39, 0.29) is 12.1 Å². The molecule has 0 fully saturated rings. The number of rotatable bonds is 4. The van der Waals surface area contributed by atoms with Crippen molar-refractivity contribution < 1.29 is 0 Å². The van der Waals surface area contributed by atoms with Crippen molar-refractivity contribution in [3.63, 3.8) is 0 Å². The number of nitrogens with two attached hydrogens (primary N) is 1. The molecule has 1 aliphatic rings. The lowest BCUT2D eigenvalue weighted by atomic mass is 9.94. The second-order valence-electron chi connectivity index (χ2n) is 5.84. The number of hydrogen-bond acceptors (Lipinski definition) is 4. The maximum atomic E-state index is 6.44. The van der Waals surface area contributed by atoms with Crippen LogP contribution in [0.2, 0.25) is 0 Å². The number of aromatic nitrogens is 3. The lowest BCUT2D eigenvalue weighted by molar-refractivity contribution is 0.130. The molecule has 112 valence electrons. The summed E-state index contributed by atoms with van der Waals surface area (Å²) in [6.45, 7) is 7.01. The van der Waals surface area contributed by atoms with E-state index < -0.39 is 0 Å². The van der Waals surface area contributed by atoms with Gasteiger partial charge in [0.2, 0.25) is 0 Å². The number of nitrogens with zero attached hydrogens (tertiary/aromatic N) is 4. The highest BCUT2D eigenvalue weighted by Gasteiger charge is 2.29. The smallest absolute Gasteiger partial charge is 0.147 e. The van der Waals surface area contributed by atoms with Gasteiger partial charge in [-0.25, -0.2) is 0 Å². The molecule has 2 atom stereocenters. The van der Waals surface area contributed by atoms with E-state index in [1.165, 1.54) is 11.1 Å². The molecule has 5 nitrogen and oxygen atoms in total. The van der Waals surface area contributed by atoms with Gasteiger partial charge < -0.3 is 10.3 Å². The van der Waals surface area contributed by atoms with Gasteiger partial charge in [0.1, 0.15) is 12.2 Å². The van der Waals surface area contributed by atoms with Gasteiger partial charge in [0.05, 0.1) is 12.6 Å². The maximum Gasteiger partial charge on any atom is 0.147 e. The molecule has 0 saturated heterocycles. The molecule has 0 saturated carbocycles. The van der Waals surface area contributed by atoms with Crippen molar-refractivity contribution in [3.05, 3.63) is 47.5 Å². The molecule has 0 bridgehead atoms.